The Kier molecular flexibility index (Phi) is 4.54. The summed E-state index contributed by atoms with van der Waals surface area (Å²) in [6.07, 6.45) is 0. The Morgan fingerprint density at radius 1 is 1.17 bits per heavy atom. The number of carbonyl (C=O) groups excluding carboxylic acids is 1. The van der Waals surface area contributed by atoms with Crippen LogP contribution in [-0.2, 0) is 6.54 Å². The molecule has 0 aliphatic rings. The normalized spacial score (nSPS) is 10.4. The first-order valence-corrected chi connectivity index (χ1v) is 6.66. The molecule has 8 heteroatoms. The van der Waals surface area contributed by atoms with Crippen LogP contribution in [0.4, 0.5) is 0 Å². The summed E-state index contributed by atoms with van der Waals surface area (Å²) >= 11 is 0. The fraction of sp³-hybridized carbons (Fsp3) is 0.267. The van der Waals surface area contributed by atoms with Gasteiger partial charge in [0.15, 0.2) is 5.78 Å². The van der Waals surface area contributed by atoms with Crippen molar-refractivity contribution < 1.29 is 19.4 Å². The van der Waals surface area contributed by atoms with E-state index in [0.717, 1.165) is 11.5 Å². The fourth-order valence-corrected chi connectivity index (χ4v) is 2.16. The quantitative estimate of drug-likeness (QED) is 0.777. The van der Waals surface area contributed by atoms with Crippen molar-refractivity contribution in [3.05, 3.63) is 50.2 Å². The van der Waals surface area contributed by atoms with E-state index < -0.39 is 28.5 Å². The summed E-state index contributed by atoms with van der Waals surface area (Å²) in [6.45, 7) is 1.06. The number of ketones is 1. The zero-order valence-corrected chi connectivity index (χ0v) is 12.9. The Balaban J connectivity index is 2.57. The smallest absolute Gasteiger partial charge is 0.331 e. The van der Waals surface area contributed by atoms with E-state index in [1.54, 1.807) is 18.2 Å². The van der Waals surface area contributed by atoms with E-state index in [1.165, 1.54) is 14.2 Å². The standard InChI is InChI=1S/C15H16N2O6/c1-8(18)12-13(19)16-15(21)17(14(12)20)7-9-4-10(22-2)6-11(5-9)23-3/h4-6,20H,7H2,1-3H3,(H,16,19,21). The third-order valence-electron chi connectivity index (χ3n) is 3.28. The summed E-state index contributed by atoms with van der Waals surface area (Å²) in [7, 11) is 2.96. The van der Waals surface area contributed by atoms with Crippen LogP contribution in [0, 0.1) is 0 Å². The Labute approximate surface area is 130 Å². The lowest BCUT2D eigenvalue weighted by molar-refractivity contribution is 0.101. The molecule has 0 spiro atoms. The Morgan fingerprint density at radius 2 is 1.74 bits per heavy atom. The lowest BCUT2D eigenvalue weighted by Crippen LogP contribution is -2.33. The lowest BCUT2D eigenvalue weighted by Gasteiger charge is -2.12. The third-order valence-corrected chi connectivity index (χ3v) is 3.28. The molecule has 0 saturated heterocycles. The van der Waals surface area contributed by atoms with Gasteiger partial charge in [0.2, 0.25) is 5.88 Å². The van der Waals surface area contributed by atoms with E-state index in [-0.39, 0.29) is 6.54 Å². The van der Waals surface area contributed by atoms with Gasteiger partial charge in [0.1, 0.15) is 17.1 Å². The average Bonchev–Trinajstić information content (AvgIpc) is 2.50. The first-order valence-electron chi connectivity index (χ1n) is 6.66. The van der Waals surface area contributed by atoms with E-state index in [4.69, 9.17) is 9.47 Å². The van der Waals surface area contributed by atoms with Crippen LogP contribution in [0.25, 0.3) is 0 Å². The molecule has 2 aromatic rings. The van der Waals surface area contributed by atoms with Crippen LogP contribution in [0.15, 0.2) is 27.8 Å². The minimum atomic E-state index is -0.917. The van der Waals surface area contributed by atoms with E-state index in [1.807, 2.05) is 4.98 Å². The zero-order valence-electron chi connectivity index (χ0n) is 12.9. The molecule has 122 valence electrons. The van der Waals surface area contributed by atoms with Crippen molar-refractivity contribution in [3.8, 4) is 17.4 Å². The minimum Gasteiger partial charge on any atom is -0.497 e. The van der Waals surface area contributed by atoms with Crippen molar-refractivity contribution in [2.24, 2.45) is 0 Å². The Morgan fingerprint density at radius 3 is 2.22 bits per heavy atom. The van der Waals surface area contributed by atoms with E-state index in [9.17, 15) is 19.5 Å². The number of rotatable bonds is 5. The van der Waals surface area contributed by atoms with E-state index in [2.05, 4.69) is 0 Å². The van der Waals surface area contributed by atoms with E-state index >= 15 is 0 Å². The number of nitrogens with zero attached hydrogens (tertiary/aromatic N) is 1. The van der Waals surface area contributed by atoms with Gasteiger partial charge in [-0.15, -0.1) is 0 Å². The van der Waals surface area contributed by atoms with Crippen LogP contribution in [0.3, 0.4) is 0 Å². The average molecular weight is 320 g/mol. The first kappa shape index (κ1) is 16.3. The van der Waals surface area contributed by atoms with Gasteiger partial charge in [0.05, 0.1) is 20.8 Å². The molecule has 2 N–H and O–H groups in total. The van der Waals surface area contributed by atoms with Crippen molar-refractivity contribution >= 4 is 5.78 Å². The van der Waals surface area contributed by atoms with Crippen LogP contribution in [0.1, 0.15) is 22.8 Å². The van der Waals surface area contributed by atoms with Crippen molar-refractivity contribution in [3.63, 3.8) is 0 Å². The number of Topliss-reactive ketones (excluding diaryl/α,β-unsaturated/α-hetero) is 1. The minimum absolute atomic E-state index is 0.0741. The Bertz CT molecular complexity index is 843. The maximum atomic E-state index is 11.9. The molecule has 0 bridgehead atoms. The lowest BCUT2D eigenvalue weighted by atomic mass is 10.2. The van der Waals surface area contributed by atoms with Crippen LogP contribution < -0.4 is 20.7 Å². The second kappa shape index (κ2) is 6.39. The summed E-state index contributed by atoms with van der Waals surface area (Å²) < 4.78 is 11.2. The number of carbonyl (C=O) groups is 1. The highest BCUT2D eigenvalue weighted by molar-refractivity contribution is 5.95. The maximum absolute atomic E-state index is 11.9. The second-order valence-electron chi connectivity index (χ2n) is 4.82. The molecule has 0 fully saturated rings. The number of ether oxygens (including phenoxy) is 2. The van der Waals surface area contributed by atoms with Gasteiger partial charge in [0, 0.05) is 6.07 Å². The van der Waals surface area contributed by atoms with Gasteiger partial charge in [-0.1, -0.05) is 0 Å². The monoisotopic (exact) mass is 320 g/mol. The fourth-order valence-electron chi connectivity index (χ4n) is 2.16. The van der Waals surface area contributed by atoms with Crippen LogP contribution in [0.2, 0.25) is 0 Å². The molecule has 2 rings (SSSR count). The van der Waals surface area contributed by atoms with Gasteiger partial charge < -0.3 is 14.6 Å². The molecule has 0 atom stereocenters. The molecule has 0 unspecified atom stereocenters. The molecule has 1 heterocycles. The number of nitrogens with one attached hydrogen (secondary N) is 1. The third kappa shape index (κ3) is 3.25. The summed E-state index contributed by atoms with van der Waals surface area (Å²) in [5, 5.41) is 10.1. The molecular formula is C15H16N2O6. The highest BCUT2D eigenvalue weighted by atomic mass is 16.5. The molecule has 1 aromatic heterocycles. The highest BCUT2D eigenvalue weighted by Crippen LogP contribution is 2.23. The van der Waals surface area contributed by atoms with E-state index in [0.29, 0.717) is 17.1 Å². The largest absolute Gasteiger partial charge is 0.497 e. The van der Waals surface area contributed by atoms with Crippen LogP contribution in [0.5, 0.6) is 17.4 Å². The van der Waals surface area contributed by atoms with Crippen molar-refractivity contribution in [1.29, 1.82) is 0 Å². The number of aromatic hydroxyl groups is 1. The zero-order chi connectivity index (χ0) is 17.1. The molecular weight excluding hydrogens is 304 g/mol. The van der Waals surface area contributed by atoms with Crippen molar-refractivity contribution in [2.45, 2.75) is 13.5 Å². The van der Waals surface area contributed by atoms with Crippen molar-refractivity contribution in [2.75, 3.05) is 14.2 Å². The summed E-state index contributed by atoms with van der Waals surface area (Å²) in [4.78, 5) is 37.0. The topological polar surface area (TPSA) is 111 Å². The maximum Gasteiger partial charge on any atom is 0.331 e. The van der Waals surface area contributed by atoms with Crippen LogP contribution in [-0.4, -0.2) is 34.7 Å². The number of aromatic amines is 1. The molecule has 23 heavy (non-hydrogen) atoms. The number of H-pyrrole nitrogens is 1. The molecule has 8 nitrogen and oxygen atoms in total. The molecule has 0 aliphatic carbocycles. The molecule has 0 amide bonds. The number of methoxy groups -OCH3 is 2. The SMILES string of the molecule is COc1cc(Cn2c(O)c(C(C)=O)c(=O)[nH]c2=O)cc(OC)c1. The number of hydrogen-bond donors (Lipinski definition) is 2. The van der Waals surface area contributed by atoms with Gasteiger partial charge in [-0.2, -0.15) is 0 Å². The number of hydrogen-bond acceptors (Lipinski definition) is 6. The second-order valence-corrected chi connectivity index (χ2v) is 4.82. The predicted molar refractivity (Wildman–Crippen MR) is 81.6 cm³/mol. The number of benzene rings is 1. The molecule has 1 aromatic carbocycles. The molecule has 0 saturated carbocycles. The molecule has 0 aliphatic heterocycles. The van der Waals surface area contributed by atoms with Gasteiger partial charge in [-0.05, 0) is 24.6 Å². The Hall–Kier alpha value is -3.03. The van der Waals surface area contributed by atoms with Gasteiger partial charge in [-0.3, -0.25) is 19.1 Å². The van der Waals surface area contributed by atoms with Crippen molar-refractivity contribution in [1.82, 2.24) is 9.55 Å². The summed E-state index contributed by atoms with van der Waals surface area (Å²) in [5.41, 5.74) is -1.61. The molecule has 0 radical (unpaired) electrons. The van der Waals surface area contributed by atoms with Gasteiger partial charge >= 0.3 is 5.69 Å². The highest BCUT2D eigenvalue weighted by Gasteiger charge is 2.18. The predicted octanol–water partition coefficient (Wildman–Crippen LogP) is 0.510. The summed E-state index contributed by atoms with van der Waals surface area (Å²) in [6, 6.07) is 4.94. The van der Waals surface area contributed by atoms with Gasteiger partial charge in [-0.25, -0.2) is 4.79 Å². The summed E-state index contributed by atoms with van der Waals surface area (Å²) in [5.74, 6) is -0.306. The first-order chi connectivity index (χ1) is 10.9. The van der Waals surface area contributed by atoms with Crippen LogP contribution >= 0.6 is 0 Å². The number of aromatic nitrogens is 2. The van der Waals surface area contributed by atoms with Gasteiger partial charge in [0.25, 0.3) is 5.56 Å².